The summed E-state index contributed by atoms with van der Waals surface area (Å²) in [4.78, 5) is 22.0. The second-order valence-electron chi connectivity index (χ2n) is 4.51. The molecule has 3 rings (SSSR count). The summed E-state index contributed by atoms with van der Waals surface area (Å²) in [5.74, 6) is 0.246. The lowest BCUT2D eigenvalue weighted by molar-refractivity contribution is -0.117. The second kappa shape index (κ2) is 4.68. The smallest absolute Gasteiger partial charge is 0.233 e. The molecule has 5 heteroatoms. The number of aromatic nitrogens is 2. The van der Waals surface area contributed by atoms with Crippen LogP contribution in [0.3, 0.4) is 0 Å². The largest absolute Gasteiger partial charge is 0.368 e. The van der Waals surface area contributed by atoms with Gasteiger partial charge in [0.1, 0.15) is 0 Å². The summed E-state index contributed by atoms with van der Waals surface area (Å²) < 4.78 is 0. The quantitative estimate of drug-likeness (QED) is 0.873. The van der Waals surface area contributed by atoms with Crippen LogP contribution in [0.5, 0.6) is 0 Å². The average Bonchev–Trinajstić information content (AvgIpc) is 2.82. The van der Waals surface area contributed by atoms with Crippen molar-refractivity contribution in [1.29, 1.82) is 0 Å². The lowest BCUT2D eigenvalue weighted by Gasteiger charge is -2.17. The Bertz CT molecular complexity index is 626. The molecule has 0 spiro atoms. The van der Waals surface area contributed by atoms with Crippen LogP contribution in [0, 0.1) is 0 Å². The number of carbonyl (C=O) groups is 1. The van der Waals surface area contributed by atoms with Crippen molar-refractivity contribution in [3.8, 4) is 0 Å². The molecule has 1 aromatic heterocycles. The topological polar surface area (TPSA) is 72.1 Å². The van der Waals surface area contributed by atoms with Gasteiger partial charge in [-0.2, -0.15) is 0 Å². The van der Waals surface area contributed by atoms with E-state index < -0.39 is 0 Å². The highest BCUT2D eigenvalue weighted by Crippen LogP contribution is 2.27. The number of nitrogens with zero attached hydrogens (tertiary/aromatic N) is 3. The Morgan fingerprint density at radius 2 is 2.16 bits per heavy atom. The molecular weight excluding hydrogens is 240 g/mol. The minimum Gasteiger partial charge on any atom is -0.368 e. The van der Waals surface area contributed by atoms with Crippen LogP contribution >= 0.6 is 0 Å². The number of anilines is 2. The van der Waals surface area contributed by atoms with E-state index in [2.05, 4.69) is 16.0 Å². The highest BCUT2D eigenvalue weighted by molar-refractivity contribution is 5.96. The highest BCUT2D eigenvalue weighted by Gasteiger charge is 2.24. The fourth-order valence-corrected chi connectivity index (χ4v) is 2.36. The summed E-state index contributed by atoms with van der Waals surface area (Å²) >= 11 is 0. The van der Waals surface area contributed by atoms with Crippen LogP contribution < -0.4 is 10.6 Å². The van der Waals surface area contributed by atoms with Crippen LogP contribution in [0.1, 0.15) is 11.3 Å². The van der Waals surface area contributed by atoms with Crippen LogP contribution in [0.15, 0.2) is 36.5 Å². The van der Waals surface area contributed by atoms with Crippen LogP contribution in [0.2, 0.25) is 0 Å². The van der Waals surface area contributed by atoms with E-state index in [4.69, 9.17) is 5.73 Å². The van der Waals surface area contributed by atoms with E-state index in [1.165, 1.54) is 5.56 Å². The van der Waals surface area contributed by atoms with Crippen LogP contribution in [0.4, 0.5) is 11.6 Å². The molecule has 96 valence electrons. The Hall–Kier alpha value is -2.43. The molecule has 0 radical (unpaired) electrons. The van der Waals surface area contributed by atoms with Crippen LogP contribution in [0.25, 0.3) is 0 Å². The molecule has 2 aromatic rings. The van der Waals surface area contributed by atoms with Crippen molar-refractivity contribution >= 4 is 17.5 Å². The minimum absolute atomic E-state index is 0.0445. The van der Waals surface area contributed by atoms with Crippen molar-refractivity contribution in [2.45, 2.75) is 12.8 Å². The number of rotatable bonds is 2. The van der Waals surface area contributed by atoms with E-state index in [0.29, 0.717) is 5.69 Å². The highest BCUT2D eigenvalue weighted by atomic mass is 16.2. The molecule has 1 aliphatic heterocycles. The number of carbonyl (C=O) groups excluding carboxylic acids is 1. The van der Waals surface area contributed by atoms with E-state index in [1.54, 1.807) is 12.3 Å². The molecule has 0 aliphatic carbocycles. The predicted molar refractivity (Wildman–Crippen MR) is 72.6 cm³/mol. The van der Waals surface area contributed by atoms with Crippen molar-refractivity contribution in [2.24, 2.45) is 0 Å². The SMILES string of the molecule is Nc1nccc(CC(=O)N2CCc3ccccc32)n1. The summed E-state index contributed by atoms with van der Waals surface area (Å²) in [6.45, 7) is 0.735. The zero-order valence-electron chi connectivity index (χ0n) is 10.4. The minimum atomic E-state index is 0.0445. The van der Waals surface area contributed by atoms with E-state index in [-0.39, 0.29) is 18.3 Å². The second-order valence-corrected chi connectivity index (χ2v) is 4.51. The zero-order valence-corrected chi connectivity index (χ0v) is 10.4. The number of nitrogen functional groups attached to an aromatic ring is 1. The number of fused-ring (bicyclic) bond motifs is 1. The van der Waals surface area contributed by atoms with Crippen molar-refractivity contribution in [3.63, 3.8) is 0 Å². The summed E-state index contributed by atoms with van der Waals surface area (Å²) in [7, 11) is 0. The number of amides is 1. The lowest BCUT2D eigenvalue weighted by atomic mass is 10.2. The average molecular weight is 254 g/mol. The Morgan fingerprint density at radius 3 is 3.00 bits per heavy atom. The van der Waals surface area contributed by atoms with Gasteiger partial charge in [0, 0.05) is 18.4 Å². The third kappa shape index (κ3) is 2.27. The van der Waals surface area contributed by atoms with Crippen molar-refractivity contribution in [1.82, 2.24) is 9.97 Å². The monoisotopic (exact) mass is 254 g/mol. The van der Waals surface area contributed by atoms with Crippen LogP contribution in [-0.2, 0) is 17.6 Å². The first kappa shape index (κ1) is 11.6. The third-order valence-corrected chi connectivity index (χ3v) is 3.25. The molecule has 19 heavy (non-hydrogen) atoms. The first-order chi connectivity index (χ1) is 9.24. The Balaban J connectivity index is 1.79. The maximum atomic E-state index is 12.3. The first-order valence-corrected chi connectivity index (χ1v) is 6.20. The van der Waals surface area contributed by atoms with Crippen molar-refractivity contribution in [3.05, 3.63) is 47.8 Å². The molecule has 1 aromatic carbocycles. The summed E-state index contributed by atoms with van der Waals surface area (Å²) in [6, 6.07) is 9.71. The van der Waals surface area contributed by atoms with Gasteiger partial charge in [0.25, 0.3) is 0 Å². The molecule has 2 N–H and O–H groups in total. The first-order valence-electron chi connectivity index (χ1n) is 6.20. The number of hydrogen-bond acceptors (Lipinski definition) is 4. The van der Waals surface area contributed by atoms with Gasteiger partial charge in [-0.25, -0.2) is 9.97 Å². The van der Waals surface area contributed by atoms with E-state index in [9.17, 15) is 4.79 Å². The normalized spacial score (nSPS) is 13.4. The Kier molecular flexibility index (Phi) is 2.87. The van der Waals surface area contributed by atoms with Gasteiger partial charge in [-0.1, -0.05) is 18.2 Å². The van der Waals surface area contributed by atoms with Gasteiger partial charge in [-0.3, -0.25) is 4.79 Å². The number of benzene rings is 1. The Morgan fingerprint density at radius 1 is 1.32 bits per heavy atom. The number of nitrogens with two attached hydrogens (primary N) is 1. The fourth-order valence-electron chi connectivity index (χ4n) is 2.36. The number of para-hydroxylation sites is 1. The van der Waals surface area contributed by atoms with E-state index >= 15 is 0 Å². The van der Waals surface area contributed by atoms with Gasteiger partial charge >= 0.3 is 0 Å². The van der Waals surface area contributed by atoms with Crippen molar-refractivity contribution in [2.75, 3.05) is 17.2 Å². The molecule has 2 heterocycles. The van der Waals surface area contributed by atoms with Crippen molar-refractivity contribution < 1.29 is 4.79 Å². The molecule has 0 bridgehead atoms. The maximum Gasteiger partial charge on any atom is 0.233 e. The zero-order chi connectivity index (χ0) is 13.2. The summed E-state index contributed by atoms with van der Waals surface area (Å²) in [6.07, 6.45) is 2.73. The molecule has 1 aliphatic rings. The molecule has 0 saturated carbocycles. The maximum absolute atomic E-state index is 12.3. The third-order valence-electron chi connectivity index (χ3n) is 3.25. The predicted octanol–water partition coefficient (Wildman–Crippen LogP) is 1.19. The van der Waals surface area contributed by atoms with Gasteiger partial charge in [0.2, 0.25) is 11.9 Å². The molecular formula is C14H14N4O. The van der Waals surface area contributed by atoms with Gasteiger partial charge in [0.15, 0.2) is 0 Å². The molecule has 0 fully saturated rings. The molecule has 0 atom stereocenters. The van der Waals surface area contributed by atoms with Gasteiger partial charge in [-0.05, 0) is 24.1 Å². The fraction of sp³-hybridized carbons (Fsp3) is 0.214. The summed E-state index contributed by atoms with van der Waals surface area (Å²) in [5.41, 5.74) is 8.40. The molecule has 0 unspecified atom stereocenters. The van der Waals surface area contributed by atoms with Gasteiger partial charge < -0.3 is 10.6 Å². The summed E-state index contributed by atoms with van der Waals surface area (Å²) in [5, 5.41) is 0. The van der Waals surface area contributed by atoms with E-state index in [0.717, 1.165) is 18.7 Å². The molecule has 0 saturated heterocycles. The molecule has 1 amide bonds. The number of hydrogen-bond donors (Lipinski definition) is 1. The molecule has 5 nitrogen and oxygen atoms in total. The van der Waals surface area contributed by atoms with Gasteiger partial charge in [0.05, 0.1) is 12.1 Å². The van der Waals surface area contributed by atoms with E-state index in [1.807, 2.05) is 23.1 Å². The lowest BCUT2D eigenvalue weighted by Crippen LogP contribution is -2.30. The Labute approximate surface area is 111 Å². The standard InChI is InChI=1S/C14H14N4O/c15-14-16-7-5-11(17-14)9-13(19)18-8-6-10-3-1-2-4-12(10)18/h1-5,7H,6,8-9H2,(H2,15,16,17). The van der Waals surface area contributed by atoms with Gasteiger partial charge in [-0.15, -0.1) is 0 Å². The van der Waals surface area contributed by atoms with Crippen LogP contribution in [-0.4, -0.2) is 22.4 Å².